The Morgan fingerprint density at radius 3 is 2.54 bits per heavy atom. The van der Waals surface area contributed by atoms with Crippen molar-refractivity contribution in [2.45, 2.75) is 26.3 Å². The van der Waals surface area contributed by atoms with E-state index in [0.29, 0.717) is 5.92 Å². The van der Waals surface area contributed by atoms with Crippen molar-refractivity contribution >= 4 is 0 Å². The van der Waals surface area contributed by atoms with Crippen LogP contribution in [0.4, 0.5) is 0 Å². The van der Waals surface area contributed by atoms with Crippen LogP contribution in [0.15, 0.2) is 12.4 Å². The fourth-order valence-corrected chi connectivity index (χ4v) is 1.65. The van der Waals surface area contributed by atoms with Crippen LogP contribution in [0.2, 0.25) is 0 Å². The number of nitrogens with zero attached hydrogens (tertiary/aromatic N) is 2. The monoisotopic (exact) mass is 184 g/mol. The van der Waals surface area contributed by atoms with Crippen molar-refractivity contribution in [3.63, 3.8) is 0 Å². The molecule has 13 heavy (non-hydrogen) atoms. The van der Waals surface area contributed by atoms with Crippen LogP contribution in [-0.4, -0.2) is 41.3 Å². The Kier molecular flexibility index (Phi) is 3.60. The van der Waals surface area contributed by atoms with Gasteiger partial charge in [0.2, 0.25) is 0 Å². The summed E-state index contributed by atoms with van der Waals surface area (Å²) in [5.41, 5.74) is 0. The van der Waals surface area contributed by atoms with Gasteiger partial charge in [0.05, 0.1) is 19.3 Å². The number of hydrogen-bond donors (Lipinski definition) is 1. The maximum absolute atomic E-state index is 9.28. The van der Waals surface area contributed by atoms with Crippen molar-refractivity contribution in [2.24, 2.45) is 5.92 Å². The molecular weight excluding hydrogens is 164 g/mol. The molecular formula is C10H20N2O. The highest BCUT2D eigenvalue weighted by atomic mass is 16.3. The number of hydrogen-bond acceptors (Lipinski definition) is 3. The smallest absolute Gasteiger partial charge is 0.0894 e. The zero-order valence-corrected chi connectivity index (χ0v) is 8.77. The molecule has 0 amide bonds. The molecule has 0 spiro atoms. The van der Waals surface area contributed by atoms with Gasteiger partial charge >= 0.3 is 0 Å². The molecule has 2 atom stereocenters. The highest BCUT2D eigenvalue weighted by Gasteiger charge is 2.23. The molecule has 0 saturated carbocycles. The van der Waals surface area contributed by atoms with E-state index in [2.05, 4.69) is 29.8 Å². The molecule has 3 nitrogen and oxygen atoms in total. The van der Waals surface area contributed by atoms with E-state index in [1.165, 1.54) is 0 Å². The predicted molar refractivity (Wildman–Crippen MR) is 53.9 cm³/mol. The molecule has 0 aromatic carbocycles. The van der Waals surface area contributed by atoms with Crippen LogP contribution in [-0.2, 0) is 0 Å². The van der Waals surface area contributed by atoms with E-state index >= 15 is 0 Å². The van der Waals surface area contributed by atoms with Gasteiger partial charge in [-0.1, -0.05) is 20.3 Å². The minimum absolute atomic E-state index is 0.243. The molecule has 2 unspecified atom stereocenters. The standard InChI is InChI=1S/C10H20N2O/c1-4-9(2)10(7-13)12-6-5-11(3)8-12/h5-6,9-10,13H,4,7-8H2,1-3H3. The molecule has 1 rings (SSSR count). The first-order chi connectivity index (χ1) is 6.19. The average molecular weight is 184 g/mol. The Morgan fingerprint density at radius 2 is 2.15 bits per heavy atom. The largest absolute Gasteiger partial charge is 0.394 e. The van der Waals surface area contributed by atoms with Gasteiger partial charge in [0.25, 0.3) is 0 Å². The van der Waals surface area contributed by atoms with Gasteiger partial charge in [0.1, 0.15) is 0 Å². The van der Waals surface area contributed by atoms with E-state index in [9.17, 15) is 5.11 Å². The summed E-state index contributed by atoms with van der Waals surface area (Å²) < 4.78 is 0. The van der Waals surface area contributed by atoms with Crippen LogP contribution in [0, 0.1) is 5.92 Å². The molecule has 0 radical (unpaired) electrons. The Bertz CT molecular complexity index is 182. The lowest BCUT2D eigenvalue weighted by atomic mass is 9.99. The Balaban J connectivity index is 2.52. The molecule has 1 aliphatic rings. The summed E-state index contributed by atoms with van der Waals surface area (Å²) in [4.78, 5) is 4.32. The minimum Gasteiger partial charge on any atom is -0.394 e. The first-order valence-corrected chi connectivity index (χ1v) is 4.94. The van der Waals surface area contributed by atoms with Gasteiger partial charge in [0, 0.05) is 19.4 Å². The minimum atomic E-state index is 0.243. The lowest BCUT2D eigenvalue weighted by Gasteiger charge is -2.31. The first kappa shape index (κ1) is 10.4. The normalized spacial score (nSPS) is 20.9. The predicted octanol–water partition coefficient (Wildman–Crippen LogP) is 1.07. The summed E-state index contributed by atoms with van der Waals surface area (Å²) in [5.74, 6) is 0.543. The molecule has 0 aromatic heterocycles. The van der Waals surface area contributed by atoms with E-state index in [1.54, 1.807) is 0 Å². The highest BCUT2D eigenvalue weighted by molar-refractivity contribution is 4.93. The number of rotatable bonds is 4. The van der Waals surface area contributed by atoms with Gasteiger partial charge in [-0.25, -0.2) is 0 Å². The zero-order chi connectivity index (χ0) is 9.84. The number of aliphatic hydroxyl groups is 1. The van der Waals surface area contributed by atoms with Crippen molar-refractivity contribution in [3.8, 4) is 0 Å². The quantitative estimate of drug-likeness (QED) is 0.708. The van der Waals surface area contributed by atoms with E-state index in [-0.39, 0.29) is 12.6 Å². The second-order valence-corrected chi connectivity index (χ2v) is 3.85. The van der Waals surface area contributed by atoms with Crippen LogP contribution >= 0.6 is 0 Å². The lowest BCUT2D eigenvalue weighted by molar-refractivity contribution is 0.108. The summed E-state index contributed by atoms with van der Waals surface area (Å²) in [6.45, 7) is 5.49. The molecule has 0 bridgehead atoms. The fraction of sp³-hybridized carbons (Fsp3) is 0.800. The second-order valence-electron chi connectivity index (χ2n) is 3.85. The molecule has 0 saturated heterocycles. The summed E-state index contributed by atoms with van der Waals surface area (Å²) in [7, 11) is 2.04. The third-order valence-electron chi connectivity index (χ3n) is 2.81. The molecule has 1 N–H and O–H groups in total. The van der Waals surface area contributed by atoms with E-state index in [4.69, 9.17) is 0 Å². The van der Waals surface area contributed by atoms with Crippen LogP contribution in [0.1, 0.15) is 20.3 Å². The molecule has 3 heteroatoms. The topological polar surface area (TPSA) is 26.7 Å². The molecule has 0 aromatic rings. The van der Waals surface area contributed by atoms with Gasteiger partial charge in [-0.15, -0.1) is 0 Å². The van der Waals surface area contributed by atoms with Gasteiger partial charge in [0.15, 0.2) is 0 Å². The lowest BCUT2D eigenvalue weighted by Crippen LogP contribution is -2.40. The maximum atomic E-state index is 9.28. The summed E-state index contributed by atoms with van der Waals surface area (Å²) in [6, 6.07) is 0.270. The van der Waals surface area contributed by atoms with E-state index < -0.39 is 0 Å². The van der Waals surface area contributed by atoms with Crippen LogP contribution in [0.25, 0.3) is 0 Å². The van der Waals surface area contributed by atoms with Gasteiger partial charge in [-0.05, 0) is 5.92 Å². The molecule has 0 fully saturated rings. The van der Waals surface area contributed by atoms with Crippen LogP contribution in [0.3, 0.4) is 0 Å². The van der Waals surface area contributed by atoms with Crippen molar-refractivity contribution in [1.82, 2.24) is 9.80 Å². The van der Waals surface area contributed by atoms with Crippen molar-refractivity contribution in [3.05, 3.63) is 12.4 Å². The molecule has 1 aliphatic heterocycles. The Morgan fingerprint density at radius 1 is 1.46 bits per heavy atom. The molecule has 1 heterocycles. The van der Waals surface area contributed by atoms with Crippen molar-refractivity contribution in [2.75, 3.05) is 20.3 Å². The second kappa shape index (κ2) is 4.51. The fourth-order valence-electron chi connectivity index (χ4n) is 1.65. The molecule has 0 aliphatic carbocycles. The van der Waals surface area contributed by atoms with Crippen molar-refractivity contribution in [1.29, 1.82) is 0 Å². The Hall–Kier alpha value is -0.700. The van der Waals surface area contributed by atoms with Crippen molar-refractivity contribution < 1.29 is 5.11 Å². The third kappa shape index (κ3) is 2.37. The summed E-state index contributed by atoms with van der Waals surface area (Å²) in [5, 5.41) is 9.28. The van der Waals surface area contributed by atoms with E-state index in [0.717, 1.165) is 13.1 Å². The number of aliphatic hydroxyl groups excluding tert-OH is 1. The van der Waals surface area contributed by atoms with Crippen LogP contribution < -0.4 is 0 Å². The van der Waals surface area contributed by atoms with Gasteiger partial charge < -0.3 is 14.9 Å². The van der Waals surface area contributed by atoms with E-state index in [1.807, 2.05) is 13.2 Å². The third-order valence-corrected chi connectivity index (χ3v) is 2.81. The molecule has 76 valence electrons. The van der Waals surface area contributed by atoms with Gasteiger partial charge in [-0.3, -0.25) is 0 Å². The maximum Gasteiger partial charge on any atom is 0.0894 e. The SMILES string of the molecule is CCC(C)C(CO)N1C=CN(C)C1. The first-order valence-electron chi connectivity index (χ1n) is 4.94. The highest BCUT2D eigenvalue weighted by Crippen LogP contribution is 2.17. The average Bonchev–Trinajstić information content (AvgIpc) is 2.53. The zero-order valence-electron chi connectivity index (χ0n) is 8.77. The van der Waals surface area contributed by atoms with Gasteiger partial charge in [-0.2, -0.15) is 0 Å². The summed E-state index contributed by atoms with van der Waals surface area (Å²) >= 11 is 0. The summed E-state index contributed by atoms with van der Waals surface area (Å²) in [6.07, 6.45) is 5.22. The Labute approximate surface area is 80.6 Å². The van der Waals surface area contributed by atoms with Crippen LogP contribution in [0.5, 0.6) is 0 Å².